The molecular formula is C9H13NO2. The van der Waals surface area contributed by atoms with Gasteiger partial charge in [0, 0.05) is 11.6 Å². The van der Waals surface area contributed by atoms with Crippen molar-refractivity contribution in [3.05, 3.63) is 11.6 Å². The Labute approximate surface area is 72.3 Å². The summed E-state index contributed by atoms with van der Waals surface area (Å²) in [4.78, 5) is 10.5. The van der Waals surface area contributed by atoms with E-state index in [9.17, 15) is 4.79 Å². The third-order valence-corrected chi connectivity index (χ3v) is 1.23. The van der Waals surface area contributed by atoms with Crippen LogP contribution in [0.15, 0.2) is 11.6 Å². The Bertz CT molecular complexity index is 240. The summed E-state index contributed by atoms with van der Waals surface area (Å²) in [5.41, 5.74) is 0.0751. The number of carbonyl (C=O) groups is 1. The molecule has 0 saturated carbocycles. The lowest BCUT2D eigenvalue weighted by Gasteiger charge is -2.17. The summed E-state index contributed by atoms with van der Waals surface area (Å²) in [6.45, 7) is 5.80. The second-order valence-electron chi connectivity index (χ2n) is 3.84. The molecule has 0 radical (unpaired) electrons. The highest BCUT2D eigenvalue weighted by molar-refractivity contribution is 5.87. The van der Waals surface area contributed by atoms with Crippen LogP contribution in [0.25, 0.3) is 0 Å². The predicted octanol–water partition coefficient (Wildman–Crippen LogP) is 1.96. The first kappa shape index (κ1) is 10.7. The molecule has 0 saturated heterocycles. The van der Waals surface area contributed by atoms with E-state index in [2.05, 4.69) is 0 Å². The molecule has 1 N–H and O–H groups in total. The molecule has 66 valence electrons. The molecule has 12 heavy (non-hydrogen) atoms. The van der Waals surface area contributed by atoms with Crippen molar-refractivity contribution < 1.29 is 9.90 Å². The molecular weight excluding hydrogens is 154 g/mol. The molecule has 0 unspecified atom stereocenters. The van der Waals surface area contributed by atoms with Crippen molar-refractivity contribution in [2.45, 2.75) is 27.2 Å². The van der Waals surface area contributed by atoms with Crippen molar-refractivity contribution in [2.24, 2.45) is 5.41 Å². The number of nitrogens with zero attached hydrogens (tertiary/aromatic N) is 1. The quantitative estimate of drug-likeness (QED) is 0.505. The first-order valence-electron chi connectivity index (χ1n) is 3.69. The maximum absolute atomic E-state index is 10.5. The van der Waals surface area contributed by atoms with Crippen LogP contribution in [0.4, 0.5) is 0 Å². The largest absolute Gasteiger partial charge is 0.478 e. The second-order valence-corrected chi connectivity index (χ2v) is 3.84. The average molecular weight is 167 g/mol. The summed E-state index contributed by atoms with van der Waals surface area (Å²) in [5.74, 6) is -1.01. The van der Waals surface area contributed by atoms with Crippen LogP contribution in [0.5, 0.6) is 0 Å². The average Bonchev–Trinajstić information content (AvgIpc) is 1.83. The van der Waals surface area contributed by atoms with Gasteiger partial charge in [-0.1, -0.05) is 20.8 Å². The fraction of sp³-hybridized carbons (Fsp3) is 0.556. The minimum Gasteiger partial charge on any atom is -0.478 e. The molecule has 0 aromatic rings. The van der Waals surface area contributed by atoms with E-state index in [0.717, 1.165) is 6.08 Å². The Hall–Kier alpha value is -1.30. The van der Waals surface area contributed by atoms with Crippen LogP contribution in [0.3, 0.4) is 0 Å². The van der Waals surface area contributed by atoms with E-state index in [1.54, 1.807) is 6.07 Å². The number of aliphatic carboxylic acids is 1. The van der Waals surface area contributed by atoms with E-state index in [0.29, 0.717) is 6.42 Å². The van der Waals surface area contributed by atoms with Gasteiger partial charge in [0.25, 0.3) is 0 Å². The third-order valence-electron chi connectivity index (χ3n) is 1.23. The monoisotopic (exact) mass is 167 g/mol. The number of rotatable bonds is 2. The molecule has 0 aromatic carbocycles. The normalized spacial score (nSPS) is 12.3. The van der Waals surface area contributed by atoms with Crippen molar-refractivity contribution in [2.75, 3.05) is 0 Å². The van der Waals surface area contributed by atoms with Gasteiger partial charge < -0.3 is 5.11 Å². The molecule has 0 atom stereocenters. The Morgan fingerprint density at radius 1 is 1.58 bits per heavy atom. The zero-order valence-electron chi connectivity index (χ0n) is 7.59. The lowest BCUT2D eigenvalue weighted by Crippen LogP contribution is -2.11. The first-order chi connectivity index (χ1) is 5.37. The maximum atomic E-state index is 10.5. The van der Waals surface area contributed by atoms with Crippen LogP contribution in [0, 0.1) is 16.7 Å². The lowest BCUT2D eigenvalue weighted by atomic mass is 9.88. The molecule has 0 amide bonds. The van der Waals surface area contributed by atoms with Crippen LogP contribution >= 0.6 is 0 Å². The van der Waals surface area contributed by atoms with Gasteiger partial charge >= 0.3 is 5.97 Å². The summed E-state index contributed by atoms with van der Waals surface area (Å²) < 4.78 is 0. The highest BCUT2D eigenvalue weighted by Gasteiger charge is 2.17. The summed E-state index contributed by atoms with van der Waals surface area (Å²) in [6, 6.07) is 1.73. The van der Waals surface area contributed by atoms with Gasteiger partial charge in [0.05, 0.1) is 6.07 Å². The number of hydrogen-bond donors (Lipinski definition) is 1. The molecule has 0 bridgehead atoms. The van der Waals surface area contributed by atoms with Crippen LogP contribution in [-0.2, 0) is 4.79 Å². The van der Waals surface area contributed by atoms with Crippen molar-refractivity contribution in [3.63, 3.8) is 0 Å². The highest BCUT2D eigenvalue weighted by Crippen LogP contribution is 2.23. The first-order valence-corrected chi connectivity index (χ1v) is 3.69. The second kappa shape index (κ2) is 3.91. The van der Waals surface area contributed by atoms with E-state index in [1.807, 2.05) is 20.8 Å². The molecule has 0 aliphatic heterocycles. The van der Waals surface area contributed by atoms with Gasteiger partial charge in [0.2, 0.25) is 0 Å². The van der Waals surface area contributed by atoms with Gasteiger partial charge in [-0.25, -0.2) is 4.79 Å². The Morgan fingerprint density at radius 2 is 2.08 bits per heavy atom. The lowest BCUT2D eigenvalue weighted by molar-refractivity contribution is -0.133. The maximum Gasteiger partial charge on any atom is 0.332 e. The van der Waals surface area contributed by atoms with Gasteiger partial charge in [0.1, 0.15) is 0 Å². The minimum atomic E-state index is -1.01. The zero-order chi connectivity index (χ0) is 9.78. The number of carboxylic acids is 1. The molecule has 0 aromatic heterocycles. The van der Waals surface area contributed by atoms with Crippen molar-refractivity contribution in [3.8, 4) is 6.07 Å². The molecule has 0 fully saturated rings. The molecule has 0 spiro atoms. The topological polar surface area (TPSA) is 61.1 Å². The highest BCUT2D eigenvalue weighted by atomic mass is 16.4. The SMILES string of the molecule is CC(C)(C)CC(=CC#N)C(=O)O. The van der Waals surface area contributed by atoms with E-state index >= 15 is 0 Å². The fourth-order valence-electron chi connectivity index (χ4n) is 0.838. The molecule has 3 nitrogen and oxygen atoms in total. The van der Waals surface area contributed by atoms with Crippen LogP contribution in [0.1, 0.15) is 27.2 Å². The van der Waals surface area contributed by atoms with Gasteiger partial charge in [-0.2, -0.15) is 5.26 Å². The van der Waals surface area contributed by atoms with Gasteiger partial charge in [-0.3, -0.25) is 0 Å². The number of hydrogen-bond acceptors (Lipinski definition) is 2. The predicted molar refractivity (Wildman–Crippen MR) is 45.4 cm³/mol. The van der Waals surface area contributed by atoms with E-state index in [4.69, 9.17) is 10.4 Å². The number of carboxylic acid groups (broad SMARTS) is 1. The Kier molecular flexibility index (Phi) is 3.49. The standard InChI is InChI=1S/C9H13NO2/c1-9(2,3)6-7(4-5-10)8(11)12/h4H,6H2,1-3H3,(H,11,12). The minimum absolute atomic E-state index is 0.0962. The van der Waals surface area contributed by atoms with Gasteiger partial charge in [-0.15, -0.1) is 0 Å². The Morgan fingerprint density at radius 3 is 2.33 bits per heavy atom. The van der Waals surface area contributed by atoms with E-state index in [-0.39, 0.29) is 11.0 Å². The smallest absolute Gasteiger partial charge is 0.332 e. The molecule has 0 aliphatic rings. The molecule has 0 heterocycles. The van der Waals surface area contributed by atoms with E-state index < -0.39 is 5.97 Å². The fourth-order valence-corrected chi connectivity index (χ4v) is 0.838. The van der Waals surface area contributed by atoms with Crippen molar-refractivity contribution in [1.29, 1.82) is 5.26 Å². The van der Waals surface area contributed by atoms with Crippen LogP contribution in [-0.4, -0.2) is 11.1 Å². The van der Waals surface area contributed by atoms with Crippen LogP contribution < -0.4 is 0 Å². The van der Waals surface area contributed by atoms with Gasteiger partial charge in [-0.05, 0) is 11.8 Å². The summed E-state index contributed by atoms with van der Waals surface area (Å²) >= 11 is 0. The summed E-state index contributed by atoms with van der Waals surface area (Å²) in [5, 5.41) is 16.9. The van der Waals surface area contributed by atoms with Crippen molar-refractivity contribution >= 4 is 5.97 Å². The summed E-state index contributed by atoms with van der Waals surface area (Å²) in [7, 11) is 0. The number of nitriles is 1. The number of allylic oxidation sites excluding steroid dienone is 1. The molecule has 3 heteroatoms. The van der Waals surface area contributed by atoms with Gasteiger partial charge in [0.15, 0.2) is 0 Å². The van der Waals surface area contributed by atoms with E-state index in [1.165, 1.54) is 0 Å². The van der Waals surface area contributed by atoms with Crippen molar-refractivity contribution in [1.82, 2.24) is 0 Å². The zero-order valence-corrected chi connectivity index (χ0v) is 7.59. The molecule has 0 aliphatic carbocycles. The molecule has 0 rings (SSSR count). The summed E-state index contributed by atoms with van der Waals surface area (Å²) in [6.07, 6.45) is 1.50. The van der Waals surface area contributed by atoms with Crippen LogP contribution in [0.2, 0.25) is 0 Å². The Balaban J connectivity index is 4.50. The third kappa shape index (κ3) is 4.51.